The number of nitrogens with two attached hydrogens (primary N) is 1. The predicted molar refractivity (Wildman–Crippen MR) is 141 cm³/mol. The van der Waals surface area contributed by atoms with Crippen LogP contribution in [0, 0.1) is 17.5 Å². The first-order chi connectivity index (χ1) is 20.7. The lowest BCUT2D eigenvalue weighted by Gasteiger charge is -2.34. The molecule has 2 heterocycles. The first kappa shape index (κ1) is 32.2. The number of aromatic hydroxyl groups is 2. The summed E-state index contributed by atoms with van der Waals surface area (Å²) in [6.07, 6.45) is -0.398. The number of amides is 5. The summed E-state index contributed by atoms with van der Waals surface area (Å²) in [5.41, 5.74) is 3.30. The molecule has 20 heteroatoms. The van der Waals surface area contributed by atoms with Crippen LogP contribution in [0.5, 0.6) is 17.2 Å². The highest BCUT2D eigenvalue weighted by molar-refractivity contribution is 6.47. The van der Waals surface area contributed by atoms with Gasteiger partial charge in [-0.15, -0.1) is 0 Å². The van der Waals surface area contributed by atoms with Crippen molar-refractivity contribution in [3.8, 4) is 17.2 Å². The topological polar surface area (TPSA) is 232 Å². The van der Waals surface area contributed by atoms with Crippen molar-refractivity contribution in [1.29, 1.82) is 0 Å². The molecule has 234 valence electrons. The van der Waals surface area contributed by atoms with Gasteiger partial charge in [0.2, 0.25) is 11.7 Å². The lowest BCUT2D eigenvalue weighted by Crippen LogP contribution is -2.60. The van der Waals surface area contributed by atoms with Gasteiger partial charge < -0.3 is 46.3 Å². The standard InChI is InChI=1S/C24H22BClF3N5O10/c26-13-12(14(28)15(29)18(36)17(13)35)16(32-24(42)34-6-5-33(4-3-30)21(38)22(34)39)20(37)31-10-7-8-1-2-9(27)11(23(40)41)19(8)44-25(10)43/h1-2,10,16,35-36,43H,3-7,30H2,(H,31,37)(H,32,42)(H,40,41)/t10-,16?/m0/s1. The van der Waals surface area contributed by atoms with Gasteiger partial charge in [-0.25, -0.2) is 18.4 Å². The van der Waals surface area contributed by atoms with E-state index >= 15 is 4.39 Å². The molecule has 0 spiro atoms. The van der Waals surface area contributed by atoms with Gasteiger partial charge in [0.05, 0.1) is 11.0 Å². The van der Waals surface area contributed by atoms with Gasteiger partial charge in [0.25, 0.3) is 0 Å². The fourth-order valence-corrected chi connectivity index (χ4v) is 4.92. The van der Waals surface area contributed by atoms with Crippen molar-refractivity contribution in [2.45, 2.75) is 18.4 Å². The van der Waals surface area contributed by atoms with E-state index in [1.807, 2.05) is 5.32 Å². The maximum Gasteiger partial charge on any atom is 0.547 e. The number of hydrogen-bond acceptors (Lipinski definition) is 10. The number of imide groups is 1. The Hall–Kier alpha value is -4.75. The molecule has 4 rings (SSSR count). The number of urea groups is 1. The molecule has 0 radical (unpaired) electrons. The molecular formula is C24H22BClF3N5O10. The van der Waals surface area contributed by atoms with Gasteiger partial charge in [-0.05, 0) is 18.1 Å². The highest BCUT2D eigenvalue weighted by Crippen LogP contribution is 2.42. The zero-order valence-electron chi connectivity index (χ0n) is 22.1. The average Bonchev–Trinajstić information content (AvgIpc) is 2.97. The number of nitrogens with one attached hydrogen (secondary N) is 2. The molecule has 0 saturated carbocycles. The monoisotopic (exact) mass is 643 g/mol. The fourth-order valence-electron chi connectivity index (χ4n) is 4.64. The Balaban J connectivity index is 1.68. The van der Waals surface area contributed by atoms with E-state index in [-0.39, 0.29) is 25.2 Å². The van der Waals surface area contributed by atoms with E-state index < -0.39 is 113 Å². The zero-order chi connectivity index (χ0) is 32.6. The van der Waals surface area contributed by atoms with E-state index in [2.05, 4.69) is 5.32 Å². The van der Waals surface area contributed by atoms with Crippen molar-refractivity contribution in [2.24, 2.45) is 5.73 Å². The number of carbonyl (C=O) groups is 5. The van der Waals surface area contributed by atoms with E-state index in [0.717, 1.165) is 17.0 Å². The lowest BCUT2D eigenvalue weighted by atomic mass is 9.72. The van der Waals surface area contributed by atoms with Crippen LogP contribution in [-0.4, -0.2) is 99.1 Å². The van der Waals surface area contributed by atoms with Crippen molar-refractivity contribution in [3.63, 3.8) is 0 Å². The van der Waals surface area contributed by atoms with Crippen LogP contribution >= 0.6 is 11.6 Å². The Labute approximate surface area is 250 Å². The maximum absolute atomic E-state index is 15.1. The normalized spacial score (nSPS) is 17.1. The minimum atomic E-state index is -2.39. The second-order valence-corrected chi connectivity index (χ2v) is 9.89. The van der Waals surface area contributed by atoms with Gasteiger partial charge >= 0.3 is 30.9 Å². The van der Waals surface area contributed by atoms with E-state index in [1.165, 1.54) is 0 Å². The highest BCUT2D eigenvalue weighted by atomic mass is 35.5. The number of benzene rings is 2. The number of carboxylic acids is 1. The summed E-state index contributed by atoms with van der Waals surface area (Å²) in [5, 5.41) is 42.5. The largest absolute Gasteiger partial charge is 0.547 e. The first-order valence-corrected chi connectivity index (χ1v) is 13.0. The molecule has 1 saturated heterocycles. The SMILES string of the molecule is NCCN1CCN(C(=O)NC(C(=O)N[C@H]2Cc3ccc(F)c(C(=O)O)c3OB2O)c2c(F)c(F)c(O)c(O)c2Cl)C(=O)C1=O. The number of phenolic OH excluding ortho intramolecular Hbond substituents is 2. The molecule has 0 aliphatic carbocycles. The predicted octanol–water partition coefficient (Wildman–Crippen LogP) is -0.613. The second kappa shape index (κ2) is 12.5. The number of nitrogens with zero attached hydrogens (tertiary/aromatic N) is 2. The van der Waals surface area contributed by atoms with E-state index in [4.69, 9.17) is 22.0 Å². The molecular weight excluding hydrogens is 622 g/mol. The Morgan fingerprint density at radius 1 is 1.11 bits per heavy atom. The number of piperazine rings is 1. The van der Waals surface area contributed by atoms with Crippen molar-refractivity contribution in [2.75, 3.05) is 26.2 Å². The Kier molecular flexibility index (Phi) is 9.12. The van der Waals surface area contributed by atoms with Crippen LogP contribution in [-0.2, 0) is 20.8 Å². The summed E-state index contributed by atoms with van der Waals surface area (Å²) in [6.45, 7) is -0.549. The van der Waals surface area contributed by atoms with E-state index in [0.29, 0.717) is 4.90 Å². The number of phenols is 2. The number of aromatic carboxylic acids is 1. The zero-order valence-corrected chi connectivity index (χ0v) is 22.9. The molecule has 2 aliphatic heterocycles. The third-order valence-electron chi connectivity index (χ3n) is 6.83. The second-order valence-electron chi connectivity index (χ2n) is 9.52. The summed E-state index contributed by atoms with van der Waals surface area (Å²) in [5.74, 6) is -15.9. The minimum Gasteiger partial charge on any atom is -0.534 e. The molecule has 0 aromatic heterocycles. The molecule has 2 aromatic carbocycles. The number of fused-ring (bicyclic) bond motifs is 1. The summed E-state index contributed by atoms with van der Waals surface area (Å²) >= 11 is 5.92. The smallest absolute Gasteiger partial charge is 0.534 e. The van der Waals surface area contributed by atoms with Crippen LogP contribution < -0.4 is 21.0 Å². The average molecular weight is 644 g/mol. The Morgan fingerprint density at radius 2 is 1.80 bits per heavy atom. The summed E-state index contributed by atoms with van der Waals surface area (Å²) in [4.78, 5) is 64.5. The maximum atomic E-state index is 15.1. The van der Waals surface area contributed by atoms with Crippen LogP contribution in [0.25, 0.3) is 0 Å². The van der Waals surface area contributed by atoms with E-state index in [9.17, 15) is 53.1 Å². The van der Waals surface area contributed by atoms with Gasteiger partial charge in [0.1, 0.15) is 23.2 Å². The van der Waals surface area contributed by atoms with Crippen LogP contribution in [0.1, 0.15) is 27.5 Å². The molecule has 0 bridgehead atoms. The summed E-state index contributed by atoms with van der Waals surface area (Å²) < 4.78 is 48.8. The van der Waals surface area contributed by atoms with Crippen LogP contribution in [0.15, 0.2) is 12.1 Å². The number of rotatable bonds is 7. The highest BCUT2D eigenvalue weighted by Gasteiger charge is 2.43. The van der Waals surface area contributed by atoms with Gasteiger partial charge in [-0.1, -0.05) is 17.7 Å². The lowest BCUT2D eigenvalue weighted by molar-refractivity contribution is -0.153. The Bertz CT molecular complexity index is 1550. The van der Waals surface area contributed by atoms with Crippen molar-refractivity contribution >= 4 is 48.4 Å². The molecule has 1 fully saturated rings. The molecule has 2 aliphatic rings. The number of hydrogen-bond donors (Lipinski definition) is 7. The third kappa shape index (κ3) is 5.75. The number of halogens is 4. The van der Waals surface area contributed by atoms with Crippen LogP contribution in [0.2, 0.25) is 5.02 Å². The quantitative estimate of drug-likeness (QED) is 0.0870. The number of carbonyl (C=O) groups excluding carboxylic acids is 4. The first-order valence-electron chi connectivity index (χ1n) is 12.6. The van der Waals surface area contributed by atoms with Crippen molar-refractivity contribution < 1.29 is 62.1 Å². The molecule has 5 amide bonds. The summed E-state index contributed by atoms with van der Waals surface area (Å²) in [6, 6.07) is -1.93. The molecule has 44 heavy (non-hydrogen) atoms. The molecule has 8 N–H and O–H groups in total. The van der Waals surface area contributed by atoms with E-state index in [1.54, 1.807) is 0 Å². The molecule has 2 aromatic rings. The van der Waals surface area contributed by atoms with Gasteiger partial charge in [-0.2, -0.15) is 4.39 Å². The van der Waals surface area contributed by atoms with Crippen molar-refractivity contribution in [1.82, 2.24) is 20.4 Å². The third-order valence-corrected chi connectivity index (χ3v) is 7.21. The molecule has 2 atom stereocenters. The van der Waals surface area contributed by atoms with Gasteiger partial charge in [0.15, 0.2) is 17.3 Å². The molecule has 1 unspecified atom stereocenters. The fraction of sp³-hybridized carbons (Fsp3) is 0.292. The van der Waals surface area contributed by atoms with Crippen molar-refractivity contribution in [3.05, 3.63) is 51.3 Å². The van der Waals surface area contributed by atoms with Crippen LogP contribution in [0.3, 0.4) is 0 Å². The van der Waals surface area contributed by atoms with Gasteiger partial charge in [-0.3, -0.25) is 19.3 Å². The molecule has 15 nitrogen and oxygen atoms in total. The van der Waals surface area contributed by atoms with Crippen LogP contribution in [0.4, 0.5) is 18.0 Å². The number of carboxylic acid groups (broad SMARTS) is 1. The Morgan fingerprint density at radius 3 is 2.43 bits per heavy atom. The summed E-state index contributed by atoms with van der Waals surface area (Å²) in [7, 11) is -2.04. The minimum absolute atomic E-state index is 0.00649. The van der Waals surface area contributed by atoms with Gasteiger partial charge in [0, 0.05) is 31.7 Å².